The Balaban J connectivity index is 1.97. The molecule has 0 aromatic heterocycles. The molecule has 1 N–H and O–H groups in total. The van der Waals surface area contributed by atoms with Crippen LogP contribution in [-0.4, -0.2) is 20.1 Å². The van der Waals surface area contributed by atoms with Gasteiger partial charge in [-0.15, -0.1) is 0 Å². The van der Waals surface area contributed by atoms with Crippen molar-refractivity contribution in [3.63, 3.8) is 0 Å². The van der Waals surface area contributed by atoms with E-state index >= 15 is 0 Å². The lowest BCUT2D eigenvalue weighted by Crippen LogP contribution is -2.14. The molecule has 4 nitrogen and oxygen atoms in total. The van der Waals surface area contributed by atoms with Gasteiger partial charge in [0.25, 0.3) is 0 Å². The lowest BCUT2D eigenvalue weighted by molar-refractivity contribution is -0.117. The maximum Gasteiger partial charge on any atom is 0.232 e. The maximum absolute atomic E-state index is 12.4. The highest BCUT2D eigenvalue weighted by atomic mass is 79.9. The van der Waals surface area contributed by atoms with Gasteiger partial charge in [-0.3, -0.25) is 4.79 Å². The number of aryl methyl sites for hydroxylation is 1. The summed E-state index contributed by atoms with van der Waals surface area (Å²) in [4.78, 5) is 12.4. The fourth-order valence-corrected chi connectivity index (χ4v) is 3.46. The molecule has 3 rings (SSSR count). The molecule has 5 heteroatoms. The first-order valence-corrected chi connectivity index (χ1v) is 8.15. The average Bonchev–Trinajstić information content (AvgIpc) is 2.86. The summed E-state index contributed by atoms with van der Waals surface area (Å²) in [5.74, 6) is 1.17. The van der Waals surface area contributed by atoms with Crippen molar-refractivity contribution >= 4 is 27.5 Å². The van der Waals surface area contributed by atoms with Crippen molar-refractivity contribution < 1.29 is 14.3 Å². The largest absolute Gasteiger partial charge is 0.493 e. The number of halogens is 1. The van der Waals surface area contributed by atoms with Gasteiger partial charge < -0.3 is 14.8 Å². The predicted octanol–water partition coefficient (Wildman–Crippen LogP) is 4.05. The molecular weight excluding hydrogens is 358 g/mol. The summed E-state index contributed by atoms with van der Waals surface area (Å²) in [6, 6.07) is 9.81. The Morgan fingerprint density at radius 2 is 1.87 bits per heavy atom. The number of carbonyl (C=O) groups excluding carboxylic acids is 1. The molecule has 1 atom stereocenters. The molecule has 0 aliphatic carbocycles. The Bertz CT molecular complexity index is 773. The SMILES string of the molecule is COc1cc(Br)c(CC2C(=O)Nc3c(C)cccc32)cc1OC. The molecule has 0 saturated carbocycles. The lowest BCUT2D eigenvalue weighted by Gasteiger charge is -2.14. The molecule has 2 aromatic rings. The molecule has 2 aromatic carbocycles. The number of methoxy groups -OCH3 is 2. The minimum atomic E-state index is -0.195. The monoisotopic (exact) mass is 375 g/mol. The van der Waals surface area contributed by atoms with Crippen LogP contribution in [-0.2, 0) is 11.2 Å². The van der Waals surface area contributed by atoms with Crippen LogP contribution in [0.4, 0.5) is 5.69 Å². The zero-order valence-corrected chi connectivity index (χ0v) is 14.9. The standard InChI is InChI=1S/C18H18BrNO3/c1-10-5-4-6-12-13(18(21)20-17(10)12)7-11-8-15(22-2)16(23-3)9-14(11)19/h4-6,8-9,13H,7H2,1-3H3,(H,20,21). The van der Waals surface area contributed by atoms with Crippen LogP contribution >= 0.6 is 15.9 Å². The van der Waals surface area contributed by atoms with Gasteiger partial charge >= 0.3 is 0 Å². The van der Waals surface area contributed by atoms with Crippen molar-refractivity contribution in [3.05, 3.63) is 51.5 Å². The highest BCUT2D eigenvalue weighted by molar-refractivity contribution is 9.10. The first-order chi connectivity index (χ1) is 11.0. The molecule has 23 heavy (non-hydrogen) atoms. The van der Waals surface area contributed by atoms with Crippen LogP contribution in [0.1, 0.15) is 22.6 Å². The molecule has 1 unspecified atom stereocenters. The molecule has 0 spiro atoms. The summed E-state index contributed by atoms with van der Waals surface area (Å²) in [5, 5.41) is 3.00. The van der Waals surface area contributed by atoms with Gasteiger partial charge in [-0.25, -0.2) is 0 Å². The molecule has 0 saturated heterocycles. The van der Waals surface area contributed by atoms with E-state index in [1.54, 1.807) is 14.2 Å². The number of hydrogen-bond donors (Lipinski definition) is 1. The summed E-state index contributed by atoms with van der Waals surface area (Å²) in [5.41, 5.74) is 4.10. The maximum atomic E-state index is 12.4. The Labute approximate surface area is 143 Å². The third kappa shape index (κ3) is 2.81. The van der Waals surface area contributed by atoms with Crippen LogP contribution < -0.4 is 14.8 Å². The Morgan fingerprint density at radius 3 is 2.57 bits per heavy atom. The van der Waals surface area contributed by atoms with Gasteiger partial charge in [0.05, 0.1) is 20.1 Å². The number of benzene rings is 2. The summed E-state index contributed by atoms with van der Waals surface area (Å²) in [6.07, 6.45) is 0.600. The van der Waals surface area contributed by atoms with E-state index in [0.717, 1.165) is 26.9 Å². The van der Waals surface area contributed by atoms with E-state index in [4.69, 9.17) is 9.47 Å². The summed E-state index contributed by atoms with van der Waals surface area (Å²) in [7, 11) is 3.21. The normalized spacial score (nSPS) is 16.0. The van der Waals surface area contributed by atoms with Gasteiger partial charge in [0.1, 0.15) is 0 Å². The molecule has 120 valence electrons. The Kier molecular flexibility index (Phi) is 4.31. The molecule has 0 radical (unpaired) electrons. The zero-order chi connectivity index (χ0) is 16.6. The zero-order valence-electron chi connectivity index (χ0n) is 13.3. The third-order valence-electron chi connectivity index (χ3n) is 4.22. The summed E-state index contributed by atoms with van der Waals surface area (Å²) >= 11 is 3.57. The van der Waals surface area contributed by atoms with E-state index < -0.39 is 0 Å². The second-order valence-electron chi connectivity index (χ2n) is 5.58. The van der Waals surface area contributed by atoms with E-state index in [9.17, 15) is 4.79 Å². The van der Waals surface area contributed by atoms with Crippen molar-refractivity contribution in [2.24, 2.45) is 0 Å². The minimum Gasteiger partial charge on any atom is -0.493 e. The highest BCUT2D eigenvalue weighted by Gasteiger charge is 2.32. The van der Waals surface area contributed by atoms with E-state index in [1.807, 2.05) is 37.3 Å². The van der Waals surface area contributed by atoms with Crippen LogP contribution in [0.3, 0.4) is 0 Å². The topological polar surface area (TPSA) is 47.6 Å². The number of nitrogens with one attached hydrogen (secondary N) is 1. The van der Waals surface area contributed by atoms with Crippen molar-refractivity contribution in [3.8, 4) is 11.5 Å². The van der Waals surface area contributed by atoms with E-state index in [2.05, 4.69) is 21.2 Å². The van der Waals surface area contributed by atoms with Crippen molar-refractivity contribution in [2.45, 2.75) is 19.3 Å². The smallest absolute Gasteiger partial charge is 0.232 e. The van der Waals surface area contributed by atoms with Crippen LogP contribution in [0.25, 0.3) is 0 Å². The van der Waals surface area contributed by atoms with E-state index in [0.29, 0.717) is 17.9 Å². The van der Waals surface area contributed by atoms with Gasteiger partial charge in [0.2, 0.25) is 5.91 Å². The van der Waals surface area contributed by atoms with Crippen LogP contribution in [0, 0.1) is 6.92 Å². The molecule has 0 fully saturated rings. The number of fused-ring (bicyclic) bond motifs is 1. The predicted molar refractivity (Wildman–Crippen MR) is 93.5 cm³/mol. The number of anilines is 1. The summed E-state index contributed by atoms with van der Waals surface area (Å²) in [6.45, 7) is 2.01. The van der Waals surface area contributed by atoms with Crippen molar-refractivity contribution in [1.29, 1.82) is 0 Å². The minimum absolute atomic E-state index is 0.0379. The fraction of sp³-hybridized carbons (Fsp3) is 0.278. The van der Waals surface area contributed by atoms with E-state index in [-0.39, 0.29) is 11.8 Å². The second-order valence-corrected chi connectivity index (χ2v) is 6.44. The first-order valence-electron chi connectivity index (χ1n) is 7.36. The van der Waals surface area contributed by atoms with Gasteiger partial charge in [0, 0.05) is 10.2 Å². The van der Waals surface area contributed by atoms with Crippen LogP contribution in [0.15, 0.2) is 34.8 Å². The van der Waals surface area contributed by atoms with Gasteiger partial charge in [-0.05, 0) is 42.2 Å². The molecule has 1 amide bonds. The van der Waals surface area contributed by atoms with Gasteiger partial charge in [-0.1, -0.05) is 34.1 Å². The first kappa shape index (κ1) is 15.9. The van der Waals surface area contributed by atoms with E-state index in [1.165, 1.54) is 0 Å². The second kappa shape index (κ2) is 6.24. The molecule has 1 aliphatic rings. The average molecular weight is 376 g/mol. The number of para-hydroxylation sites is 1. The number of rotatable bonds is 4. The Morgan fingerprint density at radius 1 is 1.17 bits per heavy atom. The number of amides is 1. The Hall–Kier alpha value is -2.01. The highest BCUT2D eigenvalue weighted by Crippen LogP contribution is 2.40. The molecular formula is C18H18BrNO3. The quantitative estimate of drug-likeness (QED) is 0.876. The van der Waals surface area contributed by atoms with Crippen LogP contribution in [0.5, 0.6) is 11.5 Å². The number of hydrogen-bond acceptors (Lipinski definition) is 3. The van der Waals surface area contributed by atoms with Crippen molar-refractivity contribution in [2.75, 3.05) is 19.5 Å². The summed E-state index contributed by atoms with van der Waals surface area (Å²) < 4.78 is 11.6. The van der Waals surface area contributed by atoms with Crippen LogP contribution in [0.2, 0.25) is 0 Å². The molecule has 1 aliphatic heterocycles. The molecule has 1 heterocycles. The van der Waals surface area contributed by atoms with Gasteiger partial charge in [0.15, 0.2) is 11.5 Å². The van der Waals surface area contributed by atoms with Gasteiger partial charge in [-0.2, -0.15) is 0 Å². The fourth-order valence-electron chi connectivity index (χ4n) is 2.98. The number of carbonyl (C=O) groups is 1. The number of ether oxygens (including phenoxy) is 2. The van der Waals surface area contributed by atoms with Crippen molar-refractivity contribution in [1.82, 2.24) is 0 Å². The lowest BCUT2D eigenvalue weighted by atomic mass is 9.92. The third-order valence-corrected chi connectivity index (χ3v) is 4.96. The molecule has 0 bridgehead atoms.